The summed E-state index contributed by atoms with van der Waals surface area (Å²) in [6, 6.07) is 11.1. The van der Waals surface area contributed by atoms with Crippen LogP contribution >= 0.6 is 0 Å². The lowest BCUT2D eigenvalue weighted by atomic mass is 10.1. The molecular formula is C20H18N4O5S. The summed E-state index contributed by atoms with van der Waals surface area (Å²) in [5.74, 6) is -0.0363. The SMILES string of the molecule is Cc1ccc2c(c1)c(=O)n(C)c1nnc(COC(=O)c3cccc(S(C)(=O)=O)c3)n21. The molecule has 4 rings (SSSR count). The molecule has 0 aliphatic carbocycles. The third-order valence-electron chi connectivity index (χ3n) is 4.77. The highest BCUT2D eigenvalue weighted by Gasteiger charge is 2.17. The summed E-state index contributed by atoms with van der Waals surface area (Å²) in [6.07, 6.45) is 1.07. The number of esters is 1. The maximum atomic E-state index is 12.6. The molecule has 10 heteroatoms. The first-order valence-electron chi connectivity index (χ1n) is 8.97. The molecule has 0 N–H and O–H groups in total. The second kappa shape index (κ2) is 7.06. The molecule has 0 bridgehead atoms. The summed E-state index contributed by atoms with van der Waals surface area (Å²) < 4.78 is 31.8. The molecule has 0 unspecified atom stereocenters. The Bertz CT molecular complexity index is 1480. The lowest BCUT2D eigenvalue weighted by molar-refractivity contribution is 0.0461. The van der Waals surface area contributed by atoms with Gasteiger partial charge in [0.1, 0.15) is 0 Å². The monoisotopic (exact) mass is 426 g/mol. The smallest absolute Gasteiger partial charge is 0.338 e. The molecular weight excluding hydrogens is 408 g/mol. The molecule has 4 aromatic rings. The number of hydrogen-bond acceptors (Lipinski definition) is 7. The zero-order valence-electron chi connectivity index (χ0n) is 16.5. The van der Waals surface area contributed by atoms with Crippen molar-refractivity contribution in [2.45, 2.75) is 18.4 Å². The zero-order valence-corrected chi connectivity index (χ0v) is 17.3. The zero-order chi connectivity index (χ0) is 21.6. The Morgan fingerprint density at radius 2 is 1.90 bits per heavy atom. The van der Waals surface area contributed by atoms with E-state index in [0.717, 1.165) is 11.8 Å². The van der Waals surface area contributed by atoms with Crippen molar-refractivity contribution >= 4 is 32.5 Å². The fourth-order valence-electron chi connectivity index (χ4n) is 3.22. The van der Waals surface area contributed by atoms with Crippen molar-refractivity contribution in [2.24, 2.45) is 7.05 Å². The van der Waals surface area contributed by atoms with E-state index in [0.29, 0.717) is 22.5 Å². The Morgan fingerprint density at radius 3 is 2.63 bits per heavy atom. The van der Waals surface area contributed by atoms with Crippen LogP contribution in [0.25, 0.3) is 16.7 Å². The lowest BCUT2D eigenvalue weighted by Crippen LogP contribution is -2.20. The molecule has 0 aliphatic rings. The van der Waals surface area contributed by atoms with Gasteiger partial charge in [0, 0.05) is 13.3 Å². The fraction of sp³-hybridized carbons (Fsp3) is 0.200. The van der Waals surface area contributed by atoms with Gasteiger partial charge in [-0.15, -0.1) is 10.2 Å². The number of rotatable bonds is 4. The molecule has 2 aromatic heterocycles. The van der Waals surface area contributed by atoms with Gasteiger partial charge in [-0.2, -0.15) is 0 Å². The lowest BCUT2D eigenvalue weighted by Gasteiger charge is -2.09. The molecule has 0 saturated heterocycles. The van der Waals surface area contributed by atoms with Crippen molar-refractivity contribution in [3.05, 3.63) is 69.8 Å². The summed E-state index contributed by atoms with van der Waals surface area (Å²) in [6.45, 7) is 1.69. The van der Waals surface area contributed by atoms with E-state index >= 15 is 0 Å². The van der Waals surface area contributed by atoms with Gasteiger partial charge in [0.25, 0.3) is 5.56 Å². The minimum absolute atomic E-state index is 0.0289. The largest absolute Gasteiger partial charge is 0.454 e. The van der Waals surface area contributed by atoms with Crippen molar-refractivity contribution in [1.82, 2.24) is 19.2 Å². The van der Waals surface area contributed by atoms with Gasteiger partial charge in [0.05, 0.1) is 21.4 Å². The van der Waals surface area contributed by atoms with Gasteiger partial charge in [-0.3, -0.25) is 13.8 Å². The number of nitrogens with zero attached hydrogens (tertiary/aromatic N) is 4. The maximum Gasteiger partial charge on any atom is 0.338 e. The minimum Gasteiger partial charge on any atom is -0.454 e. The minimum atomic E-state index is -3.45. The van der Waals surface area contributed by atoms with Gasteiger partial charge in [-0.1, -0.05) is 17.7 Å². The van der Waals surface area contributed by atoms with Crippen molar-refractivity contribution in [1.29, 1.82) is 0 Å². The fourth-order valence-corrected chi connectivity index (χ4v) is 3.89. The van der Waals surface area contributed by atoms with Crippen LogP contribution in [-0.4, -0.2) is 39.8 Å². The van der Waals surface area contributed by atoms with Crippen molar-refractivity contribution < 1.29 is 17.9 Å². The number of benzene rings is 2. The van der Waals surface area contributed by atoms with E-state index in [9.17, 15) is 18.0 Å². The maximum absolute atomic E-state index is 12.6. The summed E-state index contributed by atoms with van der Waals surface area (Å²) in [5.41, 5.74) is 1.45. The van der Waals surface area contributed by atoms with Gasteiger partial charge < -0.3 is 4.74 Å². The number of carbonyl (C=O) groups is 1. The number of aromatic nitrogens is 4. The summed E-state index contributed by atoms with van der Waals surface area (Å²) in [7, 11) is -1.85. The standard InChI is InChI=1S/C20H18N4O5S/c1-12-7-8-16-15(9-12)18(25)23(2)20-22-21-17(24(16)20)11-29-19(26)13-5-4-6-14(10-13)30(3,27)28/h4-10H,11H2,1-3H3. The molecule has 0 spiro atoms. The quantitative estimate of drug-likeness (QED) is 0.456. The second-order valence-corrected chi connectivity index (χ2v) is 9.03. The van der Waals surface area contributed by atoms with Crippen LogP contribution in [0.4, 0.5) is 0 Å². The number of fused-ring (bicyclic) bond motifs is 3. The molecule has 0 atom stereocenters. The predicted octanol–water partition coefficient (Wildman–Crippen LogP) is 1.65. The highest BCUT2D eigenvalue weighted by atomic mass is 32.2. The molecule has 0 fully saturated rings. The van der Waals surface area contributed by atoms with Gasteiger partial charge in [0.15, 0.2) is 22.3 Å². The molecule has 9 nitrogen and oxygen atoms in total. The molecule has 2 aromatic carbocycles. The van der Waals surface area contributed by atoms with Gasteiger partial charge in [-0.05, 0) is 37.3 Å². The van der Waals surface area contributed by atoms with E-state index < -0.39 is 15.8 Å². The second-order valence-electron chi connectivity index (χ2n) is 7.01. The van der Waals surface area contributed by atoms with Crippen LogP contribution in [0, 0.1) is 6.92 Å². The molecule has 2 heterocycles. The van der Waals surface area contributed by atoms with Gasteiger partial charge >= 0.3 is 5.97 Å². The van der Waals surface area contributed by atoms with E-state index in [1.807, 2.05) is 13.0 Å². The Morgan fingerprint density at radius 1 is 1.13 bits per heavy atom. The number of carbonyl (C=O) groups excluding carboxylic acids is 1. The average Bonchev–Trinajstić information content (AvgIpc) is 3.14. The third kappa shape index (κ3) is 3.35. The molecule has 0 amide bonds. The van der Waals surface area contributed by atoms with Crippen molar-refractivity contribution in [3.8, 4) is 0 Å². The molecule has 30 heavy (non-hydrogen) atoms. The van der Waals surface area contributed by atoms with Crippen LogP contribution in [0.2, 0.25) is 0 Å². The molecule has 0 radical (unpaired) electrons. The van der Waals surface area contributed by atoms with Crippen LogP contribution in [0.5, 0.6) is 0 Å². The van der Waals surface area contributed by atoms with Crippen LogP contribution < -0.4 is 5.56 Å². The topological polar surface area (TPSA) is 113 Å². The normalized spacial score (nSPS) is 11.8. The predicted molar refractivity (Wildman–Crippen MR) is 109 cm³/mol. The number of ether oxygens (including phenoxy) is 1. The highest BCUT2D eigenvalue weighted by Crippen LogP contribution is 2.17. The average molecular weight is 426 g/mol. The van der Waals surface area contributed by atoms with E-state index in [-0.39, 0.29) is 22.6 Å². The van der Waals surface area contributed by atoms with E-state index in [4.69, 9.17) is 4.74 Å². The van der Waals surface area contributed by atoms with Gasteiger partial charge in [-0.25, -0.2) is 13.2 Å². The Kier molecular flexibility index (Phi) is 4.65. The van der Waals surface area contributed by atoms with E-state index in [2.05, 4.69) is 10.2 Å². The molecule has 0 saturated carbocycles. The van der Waals surface area contributed by atoms with Crippen molar-refractivity contribution in [2.75, 3.05) is 6.26 Å². The Labute approximate surface area is 171 Å². The third-order valence-corrected chi connectivity index (χ3v) is 5.88. The number of hydrogen-bond donors (Lipinski definition) is 0. The van der Waals surface area contributed by atoms with E-state index in [1.54, 1.807) is 23.6 Å². The van der Waals surface area contributed by atoms with E-state index in [1.165, 1.54) is 28.8 Å². The van der Waals surface area contributed by atoms with Crippen molar-refractivity contribution in [3.63, 3.8) is 0 Å². The Hall–Kier alpha value is -3.53. The first-order valence-corrected chi connectivity index (χ1v) is 10.9. The summed E-state index contributed by atoms with van der Waals surface area (Å²) in [4.78, 5) is 25.1. The van der Waals surface area contributed by atoms with Crippen LogP contribution in [0.15, 0.2) is 52.2 Å². The first kappa shape index (κ1) is 19.8. The van der Waals surface area contributed by atoms with Crippen LogP contribution in [0.1, 0.15) is 21.7 Å². The highest BCUT2D eigenvalue weighted by molar-refractivity contribution is 7.90. The van der Waals surface area contributed by atoms with Gasteiger partial charge in [0.2, 0.25) is 5.78 Å². The summed E-state index contributed by atoms with van der Waals surface area (Å²) >= 11 is 0. The van der Waals surface area contributed by atoms with Crippen LogP contribution in [-0.2, 0) is 28.2 Å². The Balaban J connectivity index is 1.71. The number of aryl methyl sites for hydroxylation is 2. The first-order chi connectivity index (χ1) is 14.2. The molecule has 154 valence electrons. The molecule has 0 aliphatic heterocycles. The summed E-state index contributed by atoms with van der Waals surface area (Å²) in [5, 5.41) is 8.62. The van der Waals surface area contributed by atoms with Crippen LogP contribution in [0.3, 0.4) is 0 Å². The number of sulfone groups is 1.